The normalized spacial score (nSPS) is 18.0. The molecule has 5 nitrogen and oxygen atoms in total. The van der Waals surface area contributed by atoms with Gasteiger partial charge >= 0.3 is 0 Å². The Morgan fingerprint density at radius 1 is 1.04 bits per heavy atom. The minimum absolute atomic E-state index is 0.0775. The smallest absolute Gasteiger partial charge is 0.262 e. The van der Waals surface area contributed by atoms with E-state index in [1.807, 2.05) is 66.7 Å². The van der Waals surface area contributed by atoms with E-state index in [1.54, 1.807) is 4.90 Å². The molecule has 0 saturated carbocycles. The highest BCUT2D eigenvalue weighted by atomic mass is 35.5. The monoisotopic (exact) mass is 392 g/mol. The molecule has 1 N–H and O–H groups in total. The highest BCUT2D eigenvalue weighted by Crippen LogP contribution is 2.42. The molecule has 2 aliphatic rings. The van der Waals surface area contributed by atoms with Crippen molar-refractivity contribution in [3.63, 3.8) is 0 Å². The molecule has 0 saturated heterocycles. The number of nitrogens with zero attached hydrogens (tertiary/aromatic N) is 1. The Morgan fingerprint density at radius 2 is 1.82 bits per heavy atom. The Labute approximate surface area is 167 Å². The van der Waals surface area contributed by atoms with Crippen molar-refractivity contribution in [2.45, 2.75) is 12.8 Å². The van der Waals surface area contributed by atoms with Crippen molar-refractivity contribution in [2.75, 3.05) is 17.0 Å². The fourth-order valence-corrected chi connectivity index (χ4v) is 3.99. The summed E-state index contributed by atoms with van der Waals surface area (Å²) in [5, 5.41) is 4.07. The van der Waals surface area contributed by atoms with Crippen LogP contribution in [0.5, 0.6) is 5.75 Å². The van der Waals surface area contributed by atoms with Crippen LogP contribution in [0.15, 0.2) is 66.7 Å². The van der Waals surface area contributed by atoms with Crippen molar-refractivity contribution >= 4 is 28.9 Å². The highest BCUT2D eigenvalue weighted by Gasteiger charge is 2.36. The largest absolute Gasteiger partial charge is 0.467 e. The summed E-state index contributed by atoms with van der Waals surface area (Å²) in [4.78, 5) is 15.2. The second-order valence-corrected chi connectivity index (χ2v) is 7.13. The molecular weight excluding hydrogens is 376 g/mol. The lowest BCUT2D eigenvalue weighted by Gasteiger charge is -2.39. The number of ether oxygens (including phenoxy) is 2. The third-order valence-electron chi connectivity index (χ3n) is 4.96. The molecule has 1 atom stereocenters. The zero-order chi connectivity index (χ0) is 19.1. The van der Waals surface area contributed by atoms with Gasteiger partial charge in [0.05, 0.1) is 12.2 Å². The van der Waals surface area contributed by atoms with Gasteiger partial charge in [-0.15, -0.1) is 0 Å². The molecule has 0 unspecified atom stereocenters. The molecule has 3 aromatic rings. The predicted molar refractivity (Wildman–Crippen MR) is 108 cm³/mol. The topological polar surface area (TPSA) is 50.8 Å². The maximum absolute atomic E-state index is 13.4. The molecule has 2 heterocycles. The summed E-state index contributed by atoms with van der Waals surface area (Å²) in [6.07, 6.45) is -0.463. The Kier molecular flexibility index (Phi) is 4.19. The fraction of sp³-hybridized carbons (Fsp3) is 0.136. The summed E-state index contributed by atoms with van der Waals surface area (Å²) < 4.78 is 11.2. The van der Waals surface area contributed by atoms with Crippen LogP contribution in [0.1, 0.15) is 27.7 Å². The number of nitrogens with one attached hydrogen (secondary N) is 1. The summed E-state index contributed by atoms with van der Waals surface area (Å²) in [5.74, 6) is 0.632. The van der Waals surface area contributed by atoms with Gasteiger partial charge < -0.3 is 14.8 Å². The second kappa shape index (κ2) is 6.86. The second-order valence-electron chi connectivity index (χ2n) is 6.70. The molecule has 0 radical (unpaired) electrons. The van der Waals surface area contributed by atoms with E-state index in [9.17, 15) is 4.79 Å². The number of rotatable bonds is 2. The van der Waals surface area contributed by atoms with Crippen molar-refractivity contribution in [1.82, 2.24) is 0 Å². The van der Waals surface area contributed by atoms with E-state index in [4.69, 9.17) is 21.1 Å². The Hall–Kier alpha value is -3.02. The van der Waals surface area contributed by atoms with Crippen molar-refractivity contribution in [2.24, 2.45) is 0 Å². The lowest BCUT2D eigenvalue weighted by Crippen LogP contribution is -2.43. The van der Waals surface area contributed by atoms with Gasteiger partial charge in [0.15, 0.2) is 6.79 Å². The summed E-state index contributed by atoms with van der Waals surface area (Å²) in [5.41, 5.74) is 3.88. The van der Waals surface area contributed by atoms with Crippen LogP contribution in [-0.4, -0.2) is 12.7 Å². The summed E-state index contributed by atoms with van der Waals surface area (Å²) in [6.45, 7) is 0.593. The number of anilines is 2. The Bertz CT molecular complexity index is 1050. The molecule has 0 aromatic heterocycles. The first-order chi connectivity index (χ1) is 13.7. The number of hydrogen-bond donors (Lipinski definition) is 1. The predicted octanol–water partition coefficient (Wildman–Crippen LogP) is 4.98. The lowest BCUT2D eigenvalue weighted by molar-refractivity contribution is -0.0172. The van der Waals surface area contributed by atoms with Crippen LogP contribution in [-0.2, 0) is 11.3 Å². The van der Waals surface area contributed by atoms with E-state index in [-0.39, 0.29) is 12.7 Å². The SMILES string of the molecule is O=C1c2ccccc2N[C@H](c2cc(Cl)cc3c2OCOC3)N1c1ccccc1. The summed E-state index contributed by atoms with van der Waals surface area (Å²) in [7, 11) is 0. The number of halogens is 1. The van der Waals surface area contributed by atoms with Crippen molar-refractivity contribution in [1.29, 1.82) is 0 Å². The van der Waals surface area contributed by atoms with Gasteiger partial charge in [0.25, 0.3) is 5.91 Å². The third-order valence-corrected chi connectivity index (χ3v) is 5.18. The molecule has 5 rings (SSSR count). The number of benzene rings is 3. The van der Waals surface area contributed by atoms with Gasteiger partial charge in [-0.1, -0.05) is 41.9 Å². The molecule has 0 aliphatic carbocycles. The molecule has 3 aromatic carbocycles. The molecule has 0 bridgehead atoms. The van der Waals surface area contributed by atoms with Crippen molar-refractivity contribution in [3.05, 3.63) is 88.4 Å². The third kappa shape index (κ3) is 2.80. The molecule has 28 heavy (non-hydrogen) atoms. The fourth-order valence-electron chi connectivity index (χ4n) is 3.74. The summed E-state index contributed by atoms with van der Waals surface area (Å²) in [6, 6.07) is 20.8. The van der Waals surface area contributed by atoms with Crippen LogP contribution < -0.4 is 15.0 Å². The average Bonchev–Trinajstić information content (AvgIpc) is 2.73. The molecule has 140 valence electrons. The number of hydrogen-bond acceptors (Lipinski definition) is 4. The van der Waals surface area contributed by atoms with Crippen LogP contribution in [0.2, 0.25) is 5.02 Å². The summed E-state index contributed by atoms with van der Waals surface area (Å²) >= 11 is 6.39. The van der Waals surface area contributed by atoms with E-state index in [1.165, 1.54) is 0 Å². The maximum atomic E-state index is 13.4. The van der Waals surface area contributed by atoms with Crippen LogP contribution >= 0.6 is 11.6 Å². The van der Waals surface area contributed by atoms with Gasteiger partial charge in [-0.25, -0.2) is 0 Å². The number of fused-ring (bicyclic) bond motifs is 2. The minimum atomic E-state index is -0.463. The maximum Gasteiger partial charge on any atom is 0.262 e. The first-order valence-corrected chi connectivity index (χ1v) is 9.37. The van der Waals surface area contributed by atoms with Gasteiger partial charge in [0, 0.05) is 27.5 Å². The van der Waals surface area contributed by atoms with Crippen LogP contribution in [0.25, 0.3) is 0 Å². The number of para-hydroxylation sites is 2. The van der Waals surface area contributed by atoms with Crippen LogP contribution in [0.4, 0.5) is 11.4 Å². The van der Waals surface area contributed by atoms with Gasteiger partial charge in [-0.3, -0.25) is 9.69 Å². The van der Waals surface area contributed by atoms with E-state index in [2.05, 4.69) is 5.32 Å². The number of amides is 1. The Morgan fingerprint density at radius 3 is 2.68 bits per heavy atom. The first kappa shape index (κ1) is 17.1. The van der Waals surface area contributed by atoms with E-state index in [0.29, 0.717) is 22.9 Å². The zero-order valence-corrected chi connectivity index (χ0v) is 15.6. The molecule has 1 amide bonds. The molecule has 2 aliphatic heterocycles. The van der Waals surface area contributed by atoms with Crippen LogP contribution in [0.3, 0.4) is 0 Å². The van der Waals surface area contributed by atoms with E-state index >= 15 is 0 Å². The van der Waals surface area contributed by atoms with Gasteiger partial charge in [0.1, 0.15) is 11.9 Å². The highest BCUT2D eigenvalue weighted by molar-refractivity contribution is 6.30. The molecule has 0 spiro atoms. The van der Waals surface area contributed by atoms with Crippen LogP contribution in [0, 0.1) is 0 Å². The molecular formula is C22H17ClN2O3. The number of carbonyl (C=O) groups excluding carboxylic acids is 1. The van der Waals surface area contributed by atoms with E-state index < -0.39 is 6.17 Å². The van der Waals surface area contributed by atoms with Crippen molar-refractivity contribution < 1.29 is 14.3 Å². The molecule has 6 heteroatoms. The quantitative estimate of drug-likeness (QED) is 0.668. The van der Waals surface area contributed by atoms with Crippen molar-refractivity contribution in [3.8, 4) is 5.75 Å². The van der Waals surface area contributed by atoms with Gasteiger partial charge in [-0.05, 0) is 36.4 Å². The Balaban J connectivity index is 1.71. The van der Waals surface area contributed by atoms with Gasteiger partial charge in [0.2, 0.25) is 0 Å². The van der Waals surface area contributed by atoms with Gasteiger partial charge in [-0.2, -0.15) is 0 Å². The van der Waals surface area contributed by atoms with E-state index in [0.717, 1.165) is 22.5 Å². The standard InChI is InChI=1S/C22H17ClN2O3/c23-15-10-14-12-27-13-28-20(14)18(11-15)21-24-19-9-5-4-8-17(19)22(26)25(21)16-6-2-1-3-7-16/h1-11,21,24H,12-13H2/t21-/m0/s1. The molecule has 0 fully saturated rings. The first-order valence-electron chi connectivity index (χ1n) is 8.99. The minimum Gasteiger partial charge on any atom is -0.467 e. The number of carbonyl (C=O) groups is 1. The average molecular weight is 393 g/mol. The lowest BCUT2D eigenvalue weighted by atomic mass is 9.99. The zero-order valence-electron chi connectivity index (χ0n) is 14.9.